The summed E-state index contributed by atoms with van der Waals surface area (Å²) in [6.45, 7) is 2.47. The van der Waals surface area contributed by atoms with Gasteiger partial charge in [0, 0.05) is 12.8 Å². The molecule has 2 saturated heterocycles. The lowest BCUT2D eigenvalue weighted by Gasteiger charge is -2.42. The molecule has 0 amide bonds. The average molecular weight is 913 g/mol. The van der Waals surface area contributed by atoms with E-state index in [1.54, 1.807) is 0 Å². The van der Waals surface area contributed by atoms with E-state index in [4.69, 9.17) is 28.4 Å². The Hall–Kier alpha value is -2.54. The first-order chi connectivity index (χ1) is 31.0. The lowest BCUT2D eigenvalue weighted by atomic mass is 9.98. The fourth-order valence-corrected chi connectivity index (χ4v) is 7.22. The number of aliphatic hydroxyl groups excluding tert-OH is 7. The number of hydrogen-bond donors (Lipinski definition) is 7. The molecular formula is C49H84O15. The molecule has 11 atom stereocenters. The van der Waals surface area contributed by atoms with Crippen LogP contribution in [0.3, 0.4) is 0 Å². The van der Waals surface area contributed by atoms with Gasteiger partial charge in [0.1, 0.15) is 55.4 Å². The van der Waals surface area contributed by atoms with E-state index in [2.05, 4.69) is 62.5 Å². The second-order valence-corrected chi connectivity index (χ2v) is 16.9. The Kier molecular flexibility index (Phi) is 32.9. The predicted octanol–water partition coefficient (Wildman–Crippen LogP) is 5.93. The van der Waals surface area contributed by atoms with E-state index in [1.807, 2.05) is 0 Å². The van der Waals surface area contributed by atoms with Crippen LogP contribution in [-0.2, 0) is 38.0 Å². The summed E-state index contributed by atoms with van der Waals surface area (Å²) in [6, 6.07) is 0. The Balaban J connectivity index is 1.86. The highest BCUT2D eigenvalue weighted by molar-refractivity contribution is 5.70. The van der Waals surface area contributed by atoms with Crippen LogP contribution in [0.5, 0.6) is 0 Å². The van der Waals surface area contributed by atoms with Crippen molar-refractivity contribution in [1.29, 1.82) is 0 Å². The minimum atomic E-state index is -1.77. The standard InChI is InChI=1S/C49H84O15/c1-3-5-7-9-11-13-15-17-18-20-22-24-26-28-30-32-41(52)62-37(34-59-40(51)31-29-27-25-23-21-19-16-14-12-10-8-6-4-2)35-60-48-47(58)45(56)43(54)39(64-48)36-61-49-46(57)44(55)42(53)38(33-50)63-49/h11,13-14,16-18,22,24,37-39,42-50,53-58H,3-10,12,15,19-21,23,25-36H2,1-2H3/b13-11+,16-14+,18-17+,24-22+/t37-,38-,39-,42+,43+,44?,45?,46?,47?,48-,49-/m1/s1. The number of ether oxygens (including phenoxy) is 6. The van der Waals surface area contributed by atoms with E-state index >= 15 is 0 Å². The van der Waals surface area contributed by atoms with Gasteiger partial charge in [-0.05, 0) is 77.0 Å². The fourth-order valence-electron chi connectivity index (χ4n) is 7.22. The number of rotatable bonds is 36. The van der Waals surface area contributed by atoms with Gasteiger partial charge in [-0.15, -0.1) is 0 Å². The molecule has 2 rings (SSSR count). The highest BCUT2D eigenvalue weighted by Crippen LogP contribution is 2.26. The third-order valence-electron chi connectivity index (χ3n) is 11.3. The van der Waals surface area contributed by atoms with Gasteiger partial charge < -0.3 is 64.2 Å². The van der Waals surface area contributed by atoms with Gasteiger partial charge in [0.15, 0.2) is 18.7 Å². The molecule has 2 fully saturated rings. The maximum Gasteiger partial charge on any atom is 0.306 e. The average Bonchev–Trinajstić information content (AvgIpc) is 3.29. The van der Waals surface area contributed by atoms with Crippen molar-refractivity contribution in [3.63, 3.8) is 0 Å². The number of carbonyl (C=O) groups excluding carboxylic acids is 2. The van der Waals surface area contributed by atoms with Crippen molar-refractivity contribution in [2.24, 2.45) is 0 Å². The van der Waals surface area contributed by atoms with Crippen molar-refractivity contribution in [2.75, 3.05) is 26.4 Å². The van der Waals surface area contributed by atoms with Crippen LogP contribution in [0.25, 0.3) is 0 Å². The van der Waals surface area contributed by atoms with E-state index in [0.29, 0.717) is 12.8 Å². The zero-order chi connectivity index (χ0) is 46.8. The van der Waals surface area contributed by atoms with Crippen molar-refractivity contribution in [2.45, 2.75) is 223 Å². The summed E-state index contributed by atoms with van der Waals surface area (Å²) >= 11 is 0. The Morgan fingerprint density at radius 2 is 0.938 bits per heavy atom. The van der Waals surface area contributed by atoms with Crippen LogP contribution in [0, 0.1) is 0 Å². The van der Waals surface area contributed by atoms with Gasteiger partial charge in [0.25, 0.3) is 0 Å². The van der Waals surface area contributed by atoms with Crippen LogP contribution in [0.1, 0.15) is 155 Å². The van der Waals surface area contributed by atoms with E-state index in [0.717, 1.165) is 70.6 Å². The summed E-state index contributed by atoms with van der Waals surface area (Å²) in [5.41, 5.74) is 0. The molecular weight excluding hydrogens is 829 g/mol. The smallest absolute Gasteiger partial charge is 0.306 e. The van der Waals surface area contributed by atoms with Crippen LogP contribution in [0.2, 0.25) is 0 Å². The quantitative estimate of drug-likeness (QED) is 0.0220. The number of hydrogen-bond acceptors (Lipinski definition) is 15. The van der Waals surface area contributed by atoms with Crippen LogP contribution in [0.15, 0.2) is 48.6 Å². The van der Waals surface area contributed by atoms with Gasteiger partial charge in [0.2, 0.25) is 0 Å². The molecule has 0 aromatic rings. The SMILES string of the molecule is CCCCC/C=C/C/C=C/C/C=C/CCCCC(=O)O[C@H](COC(=O)CCCCCCC/C=C/CCCCCC)CO[C@@H]1O[C@H](CO[C@@H]2O[C@H](CO)[C@H](O)C(O)C2O)[C@H](O)C(O)C1O. The second-order valence-electron chi connectivity index (χ2n) is 16.9. The summed E-state index contributed by atoms with van der Waals surface area (Å²) in [5.74, 6) is -0.984. The van der Waals surface area contributed by atoms with Crippen molar-refractivity contribution in [3.05, 3.63) is 48.6 Å². The van der Waals surface area contributed by atoms with Crippen LogP contribution >= 0.6 is 0 Å². The summed E-state index contributed by atoms with van der Waals surface area (Å²) in [7, 11) is 0. The third-order valence-corrected chi connectivity index (χ3v) is 11.3. The van der Waals surface area contributed by atoms with Crippen molar-refractivity contribution >= 4 is 11.9 Å². The van der Waals surface area contributed by atoms with Crippen LogP contribution in [-0.4, -0.2) is 142 Å². The second kappa shape index (κ2) is 36.6. The maximum atomic E-state index is 12.9. The topological polar surface area (TPSA) is 231 Å². The Morgan fingerprint density at radius 3 is 1.55 bits per heavy atom. The number of allylic oxidation sites excluding steroid dienone is 8. The summed E-state index contributed by atoms with van der Waals surface area (Å²) in [4.78, 5) is 25.7. The fraction of sp³-hybridized carbons (Fsp3) is 0.796. The van der Waals surface area contributed by atoms with Gasteiger partial charge >= 0.3 is 11.9 Å². The molecule has 0 aliphatic carbocycles. The van der Waals surface area contributed by atoms with Gasteiger partial charge in [-0.3, -0.25) is 9.59 Å². The van der Waals surface area contributed by atoms with Crippen molar-refractivity contribution in [1.82, 2.24) is 0 Å². The molecule has 0 radical (unpaired) electrons. The lowest BCUT2D eigenvalue weighted by Crippen LogP contribution is -2.61. The van der Waals surface area contributed by atoms with Crippen molar-refractivity contribution in [3.8, 4) is 0 Å². The molecule has 15 nitrogen and oxygen atoms in total. The lowest BCUT2D eigenvalue weighted by molar-refractivity contribution is -0.332. The monoisotopic (exact) mass is 913 g/mol. The summed E-state index contributed by atoms with van der Waals surface area (Å²) < 4.78 is 33.4. The minimum absolute atomic E-state index is 0.113. The van der Waals surface area contributed by atoms with E-state index in [-0.39, 0.29) is 19.4 Å². The first-order valence-electron chi connectivity index (χ1n) is 24.2. The predicted molar refractivity (Wildman–Crippen MR) is 243 cm³/mol. The molecule has 15 heteroatoms. The van der Waals surface area contributed by atoms with E-state index in [1.165, 1.54) is 44.9 Å². The maximum absolute atomic E-state index is 12.9. The first kappa shape index (κ1) is 57.6. The molecule has 4 unspecified atom stereocenters. The van der Waals surface area contributed by atoms with Gasteiger partial charge in [-0.1, -0.05) is 114 Å². The molecule has 0 bridgehead atoms. The van der Waals surface area contributed by atoms with E-state index in [9.17, 15) is 45.3 Å². The molecule has 2 aliphatic rings. The molecule has 370 valence electrons. The third kappa shape index (κ3) is 24.8. The molecule has 2 aliphatic heterocycles. The Bertz CT molecular complexity index is 1300. The van der Waals surface area contributed by atoms with Gasteiger partial charge in [0.05, 0.1) is 19.8 Å². The number of carbonyl (C=O) groups is 2. The molecule has 2 heterocycles. The summed E-state index contributed by atoms with van der Waals surface area (Å²) in [6.07, 6.45) is 21.5. The number of esters is 2. The highest BCUT2D eigenvalue weighted by Gasteiger charge is 2.47. The molecule has 0 saturated carbocycles. The normalized spacial score (nSPS) is 27.0. The zero-order valence-electron chi connectivity index (χ0n) is 38.8. The van der Waals surface area contributed by atoms with Crippen LogP contribution in [0.4, 0.5) is 0 Å². The zero-order valence-corrected chi connectivity index (χ0v) is 38.8. The molecule has 0 aromatic heterocycles. The molecule has 0 spiro atoms. The molecule has 7 N–H and O–H groups in total. The molecule has 0 aromatic carbocycles. The molecule has 64 heavy (non-hydrogen) atoms. The largest absolute Gasteiger partial charge is 0.462 e. The van der Waals surface area contributed by atoms with Crippen LogP contribution < -0.4 is 0 Å². The Morgan fingerprint density at radius 1 is 0.500 bits per heavy atom. The first-order valence-corrected chi connectivity index (χ1v) is 24.2. The highest BCUT2D eigenvalue weighted by atomic mass is 16.7. The minimum Gasteiger partial charge on any atom is -0.462 e. The number of aliphatic hydroxyl groups is 7. The van der Waals surface area contributed by atoms with E-state index < -0.39 is 99.3 Å². The van der Waals surface area contributed by atoms with Gasteiger partial charge in [-0.25, -0.2) is 0 Å². The summed E-state index contributed by atoms with van der Waals surface area (Å²) in [5, 5.41) is 71.9. The van der Waals surface area contributed by atoms with Crippen molar-refractivity contribution < 1.29 is 73.8 Å². The van der Waals surface area contributed by atoms with Gasteiger partial charge in [-0.2, -0.15) is 0 Å². The Labute approximate surface area is 382 Å². The number of unbranched alkanes of at least 4 members (excludes halogenated alkanes) is 14.